The Balaban J connectivity index is 1.62. The molecule has 1 saturated carbocycles. The van der Waals surface area contributed by atoms with Crippen molar-refractivity contribution in [3.8, 4) is 17.1 Å². The monoisotopic (exact) mass is 357 g/mol. The van der Waals surface area contributed by atoms with Crippen LogP contribution in [0.5, 0.6) is 5.75 Å². The van der Waals surface area contributed by atoms with E-state index >= 15 is 0 Å². The van der Waals surface area contributed by atoms with Gasteiger partial charge in [-0.1, -0.05) is 25.4 Å². The van der Waals surface area contributed by atoms with E-state index in [-0.39, 0.29) is 11.8 Å². The number of amides is 1. The molecule has 2 aromatic rings. The largest absolute Gasteiger partial charge is 0.497 e. The zero-order chi connectivity index (χ0) is 18.5. The van der Waals surface area contributed by atoms with Crippen molar-refractivity contribution in [1.82, 2.24) is 15.0 Å². The minimum atomic E-state index is 0.214. The summed E-state index contributed by atoms with van der Waals surface area (Å²) in [5, 5.41) is 4.06. The molecule has 1 fully saturated rings. The van der Waals surface area contributed by atoms with Gasteiger partial charge in [0.1, 0.15) is 5.75 Å². The number of methoxy groups -OCH3 is 1. The number of carbonyl (C=O) groups excluding carboxylic acids is 1. The van der Waals surface area contributed by atoms with E-state index in [2.05, 4.69) is 24.0 Å². The predicted octanol–water partition coefficient (Wildman–Crippen LogP) is 3.57. The van der Waals surface area contributed by atoms with Gasteiger partial charge in [0.05, 0.1) is 7.11 Å². The van der Waals surface area contributed by atoms with E-state index in [4.69, 9.17) is 9.26 Å². The van der Waals surface area contributed by atoms with Crippen LogP contribution in [-0.4, -0.2) is 41.1 Å². The molecule has 0 atom stereocenters. The highest BCUT2D eigenvalue weighted by atomic mass is 16.5. The summed E-state index contributed by atoms with van der Waals surface area (Å²) in [4.78, 5) is 19.0. The number of rotatable bonds is 8. The van der Waals surface area contributed by atoms with Crippen molar-refractivity contribution in [2.45, 2.75) is 39.5 Å². The van der Waals surface area contributed by atoms with Crippen LogP contribution in [0.4, 0.5) is 0 Å². The van der Waals surface area contributed by atoms with Gasteiger partial charge in [-0.25, -0.2) is 0 Å². The highest BCUT2D eigenvalue weighted by molar-refractivity contribution is 5.79. The van der Waals surface area contributed by atoms with Gasteiger partial charge in [-0.05, 0) is 43.0 Å². The lowest BCUT2D eigenvalue weighted by molar-refractivity contribution is -0.138. The molecule has 1 aromatic heterocycles. The summed E-state index contributed by atoms with van der Waals surface area (Å²) in [6.07, 6.45) is 3.79. The third kappa shape index (κ3) is 4.42. The Morgan fingerprint density at radius 1 is 1.31 bits per heavy atom. The van der Waals surface area contributed by atoms with Crippen LogP contribution < -0.4 is 4.74 Å². The molecule has 0 unspecified atom stereocenters. The lowest BCUT2D eigenvalue weighted by Crippen LogP contribution is -2.42. The van der Waals surface area contributed by atoms with Gasteiger partial charge in [-0.15, -0.1) is 0 Å². The summed E-state index contributed by atoms with van der Waals surface area (Å²) in [6, 6.07) is 7.54. The number of carbonyl (C=O) groups is 1. The lowest BCUT2D eigenvalue weighted by Gasteiger charge is -2.32. The molecular formula is C20H27N3O3. The maximum Gasteiger partial charge on any atom is 0.228 e. The number of nitrogens with zero attached hydrogens (tertiary/aromatic N) is 3. The Morgan fingerprint density at radius 2 is 2.04 bits per heavy atom. The molecular weight excluding hydrogens is 330 g/mol. The first kappa shape index (κ1) is 18.4. The summed E-state index contributed by atoms with van der Waals surface area (Å²) >= 11 is 0. The number of hydrogen-bond acceptors (Lipinski definition) is 5. The minimum Gasteiger partial charge on any atom is -0.497 e. The number of ether oxygens (including phenoxy) is 1. The fourth-order valence-corrected chi connectivity index (χ4v) is 3.09. The topological polar surface area (TPSA) is 68.5 Å². The Hall–Kier alpha value is -2.37. The van der Waals surface area contributed by atoms with Crippen molar-refractivity contribution in [3.63, 3.8) is 0 Å². The van der Waals surface area contributed by atoms with Crippen LogP contribution in [-0.2, 0) is 11.2 Å². The fourth-order valence-electron chi connectivity index (χ4n) is 3.09. The zero-order valence-electron chi connectivity index (χ0n) is 15.8. The van der Waals surface area contributed by atoms with Crippen molar-refractivity contribution >= 4 is 5.91 Å². The van der Waals surface area contributed by atoms with Gasteiger partial charge < -0.3 is 14.2 Å². The maximum absolute atomic E-state index is 12.6. The molecule has 0 spiro atoms. The molecule has 0 aliphatic heterocycles. The second kappa shape index (κ2) is 8.34. The van der Waals surface area contributed by atoms with E-state index in [9.17, 15) is 4.79 Å². The SMILES string of the molecule is COc1ccc(-c2noc(CCN(CC(C)C)C(=O)C3CCC3)n2)cc1. The highest BCUT2D eigenvalue weighted by Gasteiger charge is 2.29. The number of hydrogen-bond donors (Lipinski definition) is 0. The van der Waals surface area contributed by atoms with Crippen molar-refractivity contribution < 1.29 is 14.1 Å². The number of benzene rings is 1. The highest BCUT2D eigenvalue weighted by Crippen LogP contribution is 2.28. The molecule has 0 bridgehead atoms. The first-order valence-corrected chi connectivity index (χ1v) is 9.32. The molecule has 1 aliphatic carbocycles. The van der Waals surface area contributed by atoms with Gasteiger partial charge in [-0.3, -0.25) is 4.79 Å². The van der Waals surface area contributed by atoms with Crippen molar-refractivity contribution in [2.24, 2.45) is 11.8 Å². The van der Waals surface area contributed by atoms with E-state index < -0.39 is 0 Å². The Kier molecular flexibility index (Phi) is 5.91. The lowest BCUT2D eigenvalue weighted by atomic mass is 9.84. The van der Waals surface area contributed by atoms with E-state index in [1.807, 2.05) is 29.2 Å². The van der Waals surface area contributed by atoms with Gasteiger partial charge >= 0.3 is 0 Å². The van der Waals surface area contributed by atoms with Crippen molar-refractivity contribution in [2.75, 3.05) is 20.2 Å². The second-order valence-electron chi connectivity index (χ2n) is 7.30. The molecule has 140 valence electrons. The summed E-state index contributed by atoms with van der Waals surface area (Å²) < 4.78 is 10.5. The smallest absolute Gasteiger partial charge is 0.228 e. The molecule has 6 nitrogen and oxygen atoms in total. The Morgan fingerprint density at radius 3 is 2.62 bits per heavy atom. The molecule has 1 aliphatic rings. The maximum atomic E-state index is 12.6. The van der Waals surface area contributed by atoms with Crippen molar-refractivity contribution in [1.29, 1.82) is 0 Å². The van der Waals surface area contributed by atoms with Gasteiger partial charge in [0.2, 0.25) is 17.6 Å². The first-order chi connectivity index (χ1) is 12.6. The van der Waals surface area contributed by atoms with Gasteiger partial charge in [0.15, 0.2) is 0 Å². The third-order valence-electron chi connectivity index (χ3n) is 4.76. The summed E-state index contributed by atoms with van der Waals surface area (Å²) in [6.45, 7) is 5.66. The molecule has 0 radical (unpaired) electrons. The van der Waals surface area contributed by atoms with Gasteiger partial charge in [0.25, 0.3) is 0 Å². The van der Waals surface area contributed by atoms with Crippen LogP contribution in [0.25, 0.3) is 11.4 Å². The molecule has 0 saturated heterocycles. The normalized spacial score (nSPS) is 14.3. The Bertz CT molecular complexity index is 720. The molecule has 0 N–H and O–H groups in total. The van der Waals surface area contributed by atoms with E-state index in [1.54, 1.807) is 7.11 Å². The standard InChI is InChI=1S/C20H27N3O3/c1-14(2)13-23(20(24)16-5-4-6-16)12-11-18-21-19(22-26-18)15-7-9-17(25-3)10-8-15/h7-10,14,16H,4-6,11-13H2,1-3H3. The average molecular weight is 357 g/mol. The van der Waals surface area contributed by atoms with Crippen LogP contribution in [0.2, 0.25) is 0 Å². The van der Waals surface area contributed by atoms with Gasteiger partial charge in [0, 0.05) is 31.0 Å². The number of aromatic nitrogens is 2. The molecule has 26 heavy (non-hydrogen) atoms. The second-order valence-corrected chi connectivity index (χ2v) is 7.30. The average Bonchev–Trinajstić information content (AvgIpc) is 3.05. The van der Waals surface area contributed by atoms with E-state index in [1.165, 1.54) is 6.42 Å². The molecule has 1 heterocycles. The molecule has 3 rings (SSSR count). The fraction of sp³-hybridized carbons (Fsp3) is 0.550. The third-order valence-corrected chi connectivity index (χ3v) is 4.76. The van der Waals surface area contributed by atoms with Crippen LogP contribution >= 0.6 is 0 Å². The van der Waals surface area contributed by atoms with E-state index in [0.717, 1.165) is 30.7 Å². The molecule has 6 heteroatoms. The van der Waals surface area contributed by atoms with Gasteiger partial charge in [-0.2, -0.15) is 4.98 Å². The molecule has 1 aromatic carbocycles. The molecule has 1 amide bonds. The quantitative estimate of drug-likeness (QED) is 0.722. The predicted molar refractivity (Wildman–Crippen MR) is 98.7 cm³/mol. The summed E-state index contributed by atoms with van der Waals surface area (Å²) in [7, 11) is 1.63. The minimum absolute atomic E-state index is 0.214. The first-order valence-electron chi connectivity index (χ1n) is 9.32. The summed E-state index contributed by atoms with van der Waals surface area (Å²) in [5.41, 5.74) is 0.880. The van der Waals surface area contributed by atoms with Crippen LogP contribution in [0.15, 0.2) is 28.8 Å². The van der Waals surface area contributed by atoms with Crippen LogP contribution in [0.3, 0.4) is 0 Å². The van der Waals surface area contributed by atoms with Crippen molar-refractivity contribution in [3.05, 3.63) is 30.2 Å². The summed E-state index contributed by atoms with van der Waals surface area (Å²) in [5.74, 6) is 2.84. The van der Waals surface area contributed by atoms with Crippen LogP contribution in [0, 0.1) is 11.8 Å². The Labute approximate surface area is 154 Å². The van der Waals surface area contributed by atoms with Crippen LogP contribution in [0.1, 0.15) is 39.0 Å². The zero-order valence-corrected chi connectivity index (χ0v) is 15.8. The van der Waals surface area contributed by atoms with E-state index in [0.29, 0.717) is 30.6 Å².